The number of likely N-dealkylation sites (N-methyl/N-ethyl adjacent to an activating group) is 1. The first-order valence-corrected chi connectivity index (χ1v) is 5.54. The molecule has 15 heavy (non-hydrogen) atoms. The van der Waals surface area contributed by atoms with Gasteiger partial charge >= 0.3 is 0 Å². The van der Waals surface area contributed by atoms with Crippen molar-refractivity contribution in [1.82, 2.24) is 0 Å². The first-order chi connectivity index (χ1) is 7.20. The molecule has 0 fully saturated rings. The van der Waals surface area contributed by atoms with Gasteiger partial charge in [-0.25, -0.2) is 0 Å². The Bertz CT molecular complexity index is 258. The lowest BCUT2D eigenvalue weighted by atomic mass is 10.2. The number of ether oxygens (including phenoxy) is 1. The molecule has 2 heteroatoms. The van der Waals surface area contributed by atoms with Gasteiger partial charge in [0.25, 0.3) is 0 Å². The summed E-state index contributed by atoms with van der Waals surface area (Å²) in [7, 11) is 2.09. The van der Waals surface area contributed by atoms with E-state index in [1.807, 2.05) is 6.07 Å². The van der Waals surface area contributed by atoms with Crippen LogP contribution in [0.3, 0.4) is 0 Å². The summed E-state index contributed by atoms with van der Waals surface area (Å²) in [4.78, 5) is 2.21. The van der Waals surface area contributed by atoms with E-state index >= 15 is 0 Å². The van der Waals surface area contributed by atoms with E-state index in [2.05, 4.69) is 50.1 Å². The normalized spacial score (nSPS) is 10.7. The summed E-state index contributed by atoms with van der Waals surface area (Å²) in [6.07, 6.45) is 0. The summed E-state index contributed by atoms with van der Waals surface area (Å²) < 4.78 is 5.55. The van der Waals surface area contributed by atoms with E-state index in [1.54, 1.807) is 0 Å². The topological polar surface area (TPSA) is 12.5 Å². The fourth-order valence-corrected chi connectivity index (χ4v) is 1.33. The summed E-state index contributed by atoms with van der Waals surface area (Å²) in [5.41, 5.74) is 1.24. The minimum absolute atomic E-state index is 0.618. The van der Waals surface area contributed by atoms with E-state index in [4.69, 9.17) is 4.74 Å². The summed E-state index contributed by atoms with van der Waals surface area (Å²) in [5, 5.41) is 0. The van der Waals surface area contributed by atoms with Gasteiger partial charge in [0.2, 0.25) is 0 Å². The number of anilines is 1. The first kappa shape index (κ1) is 12.1. The highest BCUT2D eigenvalue weighted by molar-refractivity contribution is 5.44. The number of para-hydroxylation sites is 1. The van der Waals surface area contributed by atoms with Gasteiger partial charge in [-0.05, 0) is 18.1 Å². The maximum Gasteiger partial charge on any atom is 0.0641 e. The van der Waals surface area contributed by atoms with Crippen LogP contribution in [0.5, 0.6) is 0 Å². The minimum Gasteiger partial charge on any atom is -0.379 e. The molecule has 1 rings (SSSR count). The van der Waals surface area contributed by atoms with Gasteiger partial charge in [-0.1, -0.05) is 32.0 Å². The zero-order valence-corrected chi connectivity index (χ0v) is 9.94. The zero-order chi connectivity index (χ0) is 11.1. The third-order valence-electron chi connectivity index (χ3n) is 2.22. The lowest BCUT2D eigenvalue weighted by Crippen LogP contribution is -2.23. The van der Waals surface area contributed by atoms with Crippen LogP contribution >= 0.6 is 0 Å². The molecule has 0 aliphatic heterocycles. The molecule has 0 unspecified atom stereocenters. The summed E-state index contributed by atoms with van der Waals surface area (Å²) >= 11 is 0. The van der Waals surface area contributed by atoms with Crippen molar-refractivity contribution in [3.63, 3.8) is 0 Å². The molecule has 2 nitrogen and oxygen atoms in total. The van der Waals surface area contributed by atoms with E-state index in [0.717, 1.165) is 19.8 Å². The number of hydrogen-bond acceptors (Lipinski definition) is 2. The average Bonchev–Trinajstić information content (AvgIpc) is 2.25. The Morgan fingerprint density at radius 3 is 2.47 bits per heavy atom. The van der Waals surface area contributed by atoms with Crippen LogP contribution in [0, 0.1) is 5.92 Å². The van der Waals surface area contributed by atoms with Crippen LogP contribution in [0.2, 0.25) is 0 Å². The molecular formula is C13H21NO. The molecule has 0 bridgehead atoms. The van der Waals surface area contributed by atoms with E-state index in [9.17, 15) is 0 Å². The molecule has 1 aromatic rings. The molecule has 0 radical (unpaired) electrons. The van der Waals surface area contributed by atoms with Gasteiger partial charge in [0, 0.05) is 25.9 Å². The maximum atomic E-state index is 5.55. The molecule has 0 saturated carbocycles. The first-order valence-electron chi connectivity index (χ1n) is 5.54. The van der Waals surface area contributed by atoms with Crippen molar-refractivity contribution in [2.24, 2.45) is 5.92 Å². The highest BCUT2D eigenvalue weighted by atomic mass is 16.5. The quantitative estimate of drug-likeness (QED) is 0.665. The Kier molecular flexibility index (Phi) is 5.19. The van der Waals surface area contributed by atoms with Crippen molar-refractivity contribution in [2.75, 3.05) is 31.7 Å². The van der Waals surface area contributed by atoms with Gasteiger partial charge < -0.3 is 9.64 Å². The van der Waals surface area contributed by atoms with E-state index in [1.165, 1.54) is 5.69 Å². The van der Waals surface area contributed by atoms with E-state index in [0.29, 0.717) is 5.92 Å². The van der Waals surface area contributed by atoms with Crippen molar-refractivity contribution in [2.45, 2.75) is 13.8 Å². The molecule has 0 heterocycles. The van der Waals surface area contributed by atoms with Gasteiger partial charge in [0.1, 0.15) is 0 Å². The van der Waals surface area contributed by atoms with E-state index in [-0.39, 0.29) is 0 Å². The Hall–Kier alpha value is -1.02. The fraction of sp³-hybridized carbons (Fsp3) is 0.538. The Morgan fingerprint density at radius 2 is 1.87 bits per heavy atom. The van der Waals surface area contributed by atoms with Crippen molar-refractivity contribution < 1.29 is 4.74 Å². The molecule has 0 spiro atoms. The second kappa shape index (κ2) is 6.46. The molecule has 0 aromatic heterocycles. The summed E-state index contributed by atoms with van der Waals surface area (Å²) in [6, 6.07) is 10.4. The smallest absolute Gasteiger partial charge is 0.0641 e. The Labute approximate surface area is 92.9 Å². The number of nitrogens with zero attached hydrogens (tertiary/aromatic N) is 1. The maximum absolute atomic E-state index is 5.55. The Morgan fingerprint density at radius 1 is 1.20 bits per heavy atom. The van der Waals surface area contributed by atoms with Crippen molar-refractivity contribution in [3.8, 4) is 0 Å². The lowest BCUT2D eigenvalue weighted by Gasteiger charge is -2.19. The SMILES string of the molecule is CC(C)COCCN(C)c1ccccc1. The largest absolute Gasteiger partial charge is 0.379 e. The molecule has 0 amide bonds. The molecule has 1 aromatic carbocycles. The highest BCUT2D eigenvalue weighted by Gasteiger charge is 1.99. The van der Waals surface area contributed by atoms with Crippen molar-refractivity contribution >= 4 is 5.69 Å². The highest BCUT2D eigenvalue weighted by Crippen LogP contribution is 2.10. The standard InChI is InChI=1S/C13H21NO/c1-12(2)11-15-10-9-14(3)13-7-5-4-6-8-13/h4-8,12H,9-11H2,1-3H3. The minimum atomic E-state index is 0.618. The van der Waals surface area contributed by atoms with Gasteiger partial charge in [-0.3, -0.25) is 0 Å². The van der Waals surface area contributed by atoms with Crippen LogP contribution in [-0.4, -0.2) is 26.8 Å². The van der Waals surface area contributed by atoms with Crippen LogP contribution in [0.15, 0.2) is 30.3 Å². The molecule has 0 aliphatic rings. The second-order valence-corrected chi connectivity index (χ2v) is 4.23. The molecule has 84 valence electrons. The van der Waals surface area contributed by atoms with E-state index < -0.39 is 0 Å². The zero-order valence-electron chi connectivity index (χ0n) is 9.94. The number of benzene rings is 1. The third kappa shape index (κ3) is 4.84. The lowest BCUT2D eigenvalue weighted by molar-refractivity contribution is 0.116. The molecular weight excluding hydrogens is 186 g/mol. The van der Waals surface area contributed by atoms with Crippen molar-refractivity contribution in [1.29, 1.82) is 0 Å². The van der Waals surface area contributed by atoms with Crippen molar-refractivity contribution in [3.05, 3.63) is 30.3 Å². The van der Waals surface area contributed by atoms with Crippen LogP contribution in [0.4, 0.5) is 5.69 Å². The average molecular weight is 207 g/mol. The molecule has 0 atom stereocenters. The summed E-state index contributed by atoms with van der Waals surface area (Å²) in [6.45, 7) is 6.92. The summed E-state index contributed by atoms with van der Waals surface area (Å²) in [5.74, 6) is 0.618. The third-order valence-corrected chi connectivity index (χ3v) is 2.22. The predicted octanol–water partition coefficient (Wildman–Crippen LogP) is 2.80. The number of rotatable bonds is 6. The monoisotopic (exact) mass is 207 g/mol. The molecule has 0 saturated heterocycles. The second-order valence-electron chi connectivity index (χ2n) is 4.23. The predicted molar refractivity (Wildman–Crippen MR) is 65.4 cm³/mol. The Balaban J connectivity index is 2.22. The van der Waals surface area contributed by atoms with Gasteiger partial charge in [-0.2, -0.15) is 0 Å². The van der Waals surface area contributed by atoms with Crippen LogP contribution in [-0.2, 0) is 4.74 Å². The van der Waals surface area contributed by atoms with Crippen LogP contribution < -0.4 is 4.90 Å². The van der Waals surface area contributed by atoms with Gasteiger partial charge in [0.05, 0.1) is 6.61 Å². The molecule has 0 N–H and O–H groups in total. The van der Waals surface area contributed by atoms with Gasteiger partial charge in [-0.15, -0.1) is 0 Å². The van der Waals surface area contributed by atoms with Gasteiger partial charge in [0.15, 0.2) is 0 Å². The fourth-order valence-electron chi connectivity index (χ4n) is 1.33. The number of hydrogen-bond donors (Lipinski definition) is 0. The van der Waals surface area contributed by atoms with Crippen LogP contribution in [0.25, 0.3) is 0 Å². The van der Waals surface area contributed by atoms with Crippen LogP contribution in [0.1, 0.15) is 13.8 Å². The molecule has 0 aliphatic carbocycles.